The fraction of sp³-hybridized carbons (Fsp3) is 0.533. The van der Waals surface area contributed by atoms with Crippen LogP contribution < -0.4 is 4.74 Å². The maximum atomic E-state index is 11.2. The lowest BCUT2D eigenvalue weighted by Crippen LogP contribution is -2.03. The van der Waals surface area contributed by atoms with Crippen molar-refractivity contribution in [3.8, 4) is 5.75 Å². The van der Waals surface area contributed by atoms with E-state index in [2.05, 4.69) is 6.92 Å². The van der Waals surface area contributed by atoms with Crippen molar-refractivity contribution in [2.75, 3.05) is 6.61 Å². The molecule has 0 saturated heterocycles. The summed E-state index contributed by atoms with van der Waals surface area (Å²) in [7, 11) is 0. The smallest absolute Gasteiger partial charge is 0.306 e. The van der Waals surface area contributed by atoms with Crippen molar-refractivity contribution in [3.05, 3.63) is 29.8 Å². The zero-order valence-electron chi connectivity index (χ0n) is 11.3. The molecule has 0 aliphatic carbocycles. The van der Waals surface area contributed by atoms with Gasteiger partial charge in [-0.2, -0.15) is 0 Å². The molecule has 0 unspecified atom stereocenters. The first-order chi connectivity index (χ1) is 8.76. The summed E-state index contributed by atoms with van der Waals surface area (Å²) in [6, 6.07) is 7.69. The van der Waals surface area contributed by atoms with Crippen LogP contribution in [0.3, 0.4) is 0 Å². The molecular weight excluding hydrogens is 228 g/mol. The van der Waals surface area contributed by atoms with Gasteiger partial charge in [0.1, 0.15) is 12.4 Å². The summed E-state index contributed by atoms with van der Waals surface area (Å²) in [5, 5.41) is 0. The van der Waals surface area contributed by atoms with Crippen molar-refractivity contribution >= 4 is 5.97 Å². The summed E-state index contributed by atoms with van der Waals surface area (Å²) in [6.45, 7) is 5.19. The molecule has 0 heterocycles. The molecule has 1 rings (SSSR count). The molecule has 100 valence electrons. The summed E-state index contributed by atoms with van der Waals surface area (Å²) in [4.78, 5) is 11.2. The van der Waals surface area contributed by atoms with Gasteiger partial charge in [-0.3, -0.25) is 4.79 Å². The molecule has 0 amide bonds. The Hall–Kier alpha value is -1.51. The van der Waals surface area contributed by atoms with Crippen LogP contribution in [0.2, 0.25) is 0 Å². The highest BCUT2D eigenvalue weighted by atomic mass is 16.5. The van der Waals surface area contributed by atoms with Crippen LogP contribution in [0, 0.1) is 0 Å². The molecule has 0 spiro atoms. The summed E-state index contributed by atoms with van der Waals surface area (Å²) in [5.74, 6) is 0.729. The van der Waals surface area contributed by atoms with E-state index in [4.69, 9.17) is 9.47 Å². The van der Waals surface area contributed by atoms with Crippen molar-refractivity contribution < 1.29 is 14.3 Å². The number of unbranched alkanes of at least 4 members (excludes halogenated alkanes) is 1. The summed E-state index contributed by atoms with van der Waals surface area (Å²) in [6.07, 6.45) is 3.50. The molecule has 0 aliphatic rings. The van der Waals surface area contributed by atoms with E-state index in [0.717, 1.165) is 37.2 Å². The van der Waals surface area contributed by atoms with Crippen molar-refractivity contribution in [1.82, 2.24) is 0 Å². The number of esters is 1. The highest BCUT2D eigenvalue weighted by molar-refractivity contribution is 5.69. The quantitative estimate of drug-likeness (QED) is 0.521. The van der Waals surface area contributed by atoms with E-state index in [1.807, 2.05) is 31.2 Å². The molecule has 0 saturated carbocycles. The van der Waals surface area contributed by atoms with Crippen LogP contribution in [0.15, 0.2) is 24.3 Å². The van der Waals surface area contributed by atoms with Crippen LogP contribution in [0.1, 0.15) is 45.1 Å². The van der Waals surface area contributed by atoms with E-state index in [0.29, 0.717) is 13.0 Å². The number of ether oxygens (including phenoxy) is 2. The Labute approximate surface area is 109 Å². The minimum Gasteiger partial charge on any atom is -0.494 e. The zero-order chi connectivity index (χ0) is 13.2. The summed E-state index contributed by atoms with van der Waals surface area (Å²) < 4.78 is 10.7. The number of carbonyl (C=O) groups is 1. The van der Waals surface area contributed by atoms with Crippen molar-refractivity contribution in [2.24, 2.45) is 0 Å². The molecule has 3 nitrogen and oxygen atoms in total. The van der Waals surface area contributed by atoms with Crippen molar-refractivity contribution in [2.45, 2.75) is 46.1 Å². The molecular formula is C15H22O3. The third-order valence-corrected chi connectivity index (χ3v) is 2.54. The topological polar surface area (TPSA) is 35.5 Å². The van der Waals surface area contributed by atoms with E-state index in [1.165, 1.54) is 0 Å². The Balaban J connectivity index is 2.33. The minimum atomic E-state index is -0.138. The van der Waals surface area contributed by atoms with Crippen molar-refractivity contribution in [1.29, 1.82) is 0 Å². The Morgan fingerprint density at radius 1 is 1.11 bits per heavy atom. The van der Waals surface area contributed by atoms with E-state index in [1.54, 1.807) is 0 Å². The molecule has 18 heavy (non-hydrogen) atoms. The number of carbonyl (C=O) groups excluding carboxylic acids is 1. The number of hydrogen-bond donors (Lipinski definition) is 0. The van der Waals surface area contributed by atoms with Crippen LogP contribution in [-0.4, -0.2) is 12.6 Å². The largest absolute Gasteiger partial charge is 0.494 e. The van der Waals surface area contributed by atoms with E-state index in [-0.39, 0.29) is 5.97 Å². The molecule has 3 heteroatoms. The average Bonchev–Trinajstić information content (AvgIpc) is 2.38. The van der Waals surface area contributed by atoms with Gasteiger partial charge in [-0.05, 0) is 30.5 Å². The second-order valence-electron chi connectivity index (χ2n) is 4.26. The molecule has 0 aliphatic heterocycles. The first kappa shape index (κ1) is 14.6. The van der Waals surface area contributed by atoms with Gasteiger partial charge < -0.3 is 9.47 Å². The predicted molar refractivity (Wildman–Crippen MR) is 71.5 cm³/mol. The molecule has 0 bridgehead atoms. The number of benzene rings is 1. The zero-order valence-corrected chi connectivity index (χ0v) is 11.3. The van der Waals surface area contributed by atoms with Gasteiger partial charge >= 0.3 is 5.97 Å². The molecule has 1 aromatic carbocycles. The lowest BCUT2D eigenvalue weighted by Gasteiger charge is -2.07. The molecule has 0 radical (unpaired) electrons. The molecule has 0 aromatic heterocycles. The molecule has 0 fully saturated rings. The average molecular weight is 250 g/mol. The lowest BCUT2D eigenvalue weighted by atomic mass is 10.2. The van der Waals surface area contributed by atoms with Crippen LogP contribution in [0.5, 0.6) is 5.75 Å². The fourth-order valence-corrected chi connectivity index (χ4v) is 1.46. The van der Waals surface area contributed by atoms with E-state index in [9.17, 15) is 4.79 Å². The monoisotopic (exact) mass is 250 g/mol. The number of hydrogen-bond acceptors (Lipinski definition) is 3. The van der Waals surface area contributed by atoms with Gasteiger partial charge in [-0.1, -0.05) is 32.4 Å². The van der Waals surface area contributed by atoms with Gasteiger partial charge in [0.15, 0.2) is 0 Å². The second kappa shape index (κ2) is 8.56. The van der Waals surface area contributed by atoms with Gasteiger partial charge in [-0.15, -0.1) is 0 Å². The standard InChI is InChI=1S/C15H22O3/c1-3-5-11-17-14-9-7-13(8-10-14)12-18-15(16)6-4-2/h7-10H,3-6,11-12H2,1-2H3. The number of rotatable bonds is 8. The minimum absolute atomic E-state index is 0.138. The predicted octanol–water partition coefficient (Wildman–Crippen LogP) is 3.71. The second-order valence-corrected chi connectivity index (χ2v) is 4.26. The van der Waals surface area contributed by atoms with Gasteiger partial charge in [0, 0.05) is 6.42 Å². The maximum absolute atomic E-state index is 11.2. The third kappa shape index (κ3) is 5.71. The van der Waals surface area contributed by atoms with Crippen LogP contribution in [-0.2, 0) is 16.1 Å². The summed E-state index contributed by atoms with van der Waals surface area (Å²) in [5.41, 5.74) is 0.988. The Morgan fingerprint density at radius 2 is 1.83 bits per heavy atom. The molecule has 0 atom stereocenters. The lowest BCUT2D eigenvalue weighted by molar-refractivity contribution is -0.144. The maximum Gasteiger partial charge on any atom is 0.306 e. The van der Waals surface area contributed by atoms with Gasteiger partial charge in [0.05, 0.1) is 6.61 Å². The first-order valence-electron chi connectivity index (χ1n) is 6.63. The first-order valence-corrected chi connectivity index (χ1v) is 6.63. The van der Waals surface area contributed by atoms with Gasteiger partial charge in [0.25, 0.3) is 0 Å². The van der Waals surface area contributed by atoms with Crippen molar-refractivity contribution in [3.63, 3.8) is 0 Å². The Kier molecular flexibility index (Phi) is 6.92. The highest BCUT2D eigenvalue weighted by Gasteiger charge is 2.01. The van der Waals surface area contributed by atoms with Gasteiger partial charge in [0.2, 0.25) is 0 Å². The highest BCUT2D eigenvalue weighted by Crippen LogP contribution is 2.13. The van der Waals surface area contributed by atoms with E-state index < -0.39 is 0 Å². The fourth-order valence-electron chi connectivity index (χ4n) is 1.46. The Bertz CT molecular complexity index is 343. The third-order valence-electron chi connectivity index (χ3n) is 2.54. The Morgan fingerprint density at radius 3 is 2.44 bits per heavy atom. The summed E-state index contributed by atoms with van der Waals surface area (Å²) >= 11 is 0. The van der Waals surface area contributed by atoms with Crippen LogP contribution >= 0.6 is 0 Å². The van der Waals surface area contributed by atoms with E-state index >= 15 is 0 Å². The SMILES string of the molecule is CCCCOc1ccc(COC(=O)CCC)cc1. The molecule has 0 N–H and O–H groups in total. The molecule has 1 aromatic rings. The van der Waals surface area contributed by atoms with Crippen LogP contribution in [0.4, 0.5) is 0 Å². The van der Waals surface area contributed by atoms with Gasteiger partial charge in [-0.25, -0.2) is 0 Å². The normalized spacial score (nSPS) is 10.1. The van der Waals surface area contributed by atoms with Crippen LogP contribution in [0.25, 0.3) is 0 Å².